The zero-order valence-corrected chi connectivity index (χ0v) is 8.61. The summed E-state index contributed by atoms with van der Waals surface area (Å²) in [5, 5.41) is 0.487. The Bertz CT molecular complexity index is 97.0. The van der Waals surface area contributed by atoms with E-state index in [-0.39, 0.29) is 0 Å². The number of thiol groups is 1. The van der Waals surface area contributed by atoms with Crippen LogP contribution in [0.15, 0.2) is 12.2 Å². The van der Waals surface area contributed by atoms with Crippen LogP contribution in [0.4, 0.5) is 0 Å². The molecule has 0 spiro atoms. The van der Waals surface area contributed by atoms with Crippen molar-refractivity contribution < 1.29 is 0 Å². The molecule has 0 radical (unpaired) electrons. The molecule has 1 atom stereocenters. The summed E-state index contributed by atoms with van der Waals surface area (Å²) in [5.41, 5.74) is 0. The van der Waals surface area contributed by atoms with Crippen molar-refractivity contribution in [1.82, 2.24) is 0 Å². The minimum absolute atomic E-state index is 0.487. The molecule has 0 rings (SSSR count). The van der Waals surface area contributed by atoms with E-state index in [1.165, 1.54) is 32.1 Å². The van der Waals surface area contributed by atoms with Gasteiger partial charge in [0.15, 0.2) is 0 Å². The Labute approximate surface area is 76.5 Å². The predicted molar refractivity (Wildman–Crippen MR) is 56.3 cm³/mol. The highest BCUT2D eigenvalue weighted by molar-refractivity contribution is 7.81. The predicted octanol–water partition coefficient (Wildman–Crippen LogP) is 3.83. The normalized spacial score (nSPS) is 14.1. The van der Waals surface area contributed by atoms with E-state index in [2.05, 4.69) is 38.6 Å². The molecule has 0 aromatic carbocycles. The Kier molecular flexibility index (Phi) is 8.26. The van der Waals surface area contributed by atoms with E-state index in [0.717, 1.165) is 0 Å². The molecule has 0 nitrogen and oxygen atoms in total. The highest BCUT2D eigenvalue weighted by Crippen LogP contribution is 2.08. The van der Waals surface area contributed by atoms with Gasteiger partial charge in [-0.05, 0) is 12.8 Å². The van der Waals surface area contributed by atoms with Crippen LogP contribution in [0.1, 0.15) is 46.0 Å². The second-order valence-electron chi connectivity index (χ2n) is 2.93. The van der Waals surface area contributed by atoms with Gasteiger partial charge in [-0.25, -0.2) is 0 Å². The molecule has 0 aliphatic heterocycles. The summed E-state index contributed by atoms with van der Waals surface area (Å²) in [7, 11) is 0. The summed E-state index contributed by atoms with van der Waals surface area (Å²) in [5.74, 6) is 0. The van der Waals surface area contributed by atoms with E-state index in [0.29, 0.717) is 5.25 Å². The van der Waals surface area contributed by atoms with Crippen LogP contribution in [-0.2, 0) is 0 Å². The van der Waals surface area contributed by atoms with Crippen molar-refractivity contribution in [1.29, 1.82) is 0 Å². The minimum atomic E-state index is 0.487. The molecule has 0 fully saturated rings. The third kappa shape index (κ3) is 7.99. The summed E-state index contributed by atoms with van der Waals surface area (Å²) in [6.07, 6.45) is 10.7. The molecular formula is C10H20S. The average Bonchev–Trinajstić information content (AvgIpc) is 2.01. The third-order valence-electron chi connectivity index (χ3n) is 1.67. The van der Waals surface area contributed by atoms with Crippen LogP contribution < -0.4 is 0 Å². The number of unbranched alkanes of at least 4 members (excludes halogenated alkanes) is 2. The number of hydrogen-bond donors (Lipinski definition) is 1. The van der Waals surface area contributed by atoms with Gasteiger partial charge in [-0.15, -0.1) is 0 Å². The zero-order valence-electron chi connectivity index (χ0n) is 7.71. The lowest BCUT2D eigenvalue weighted by Crippen LogP contribution is -1.92. The van der Waals surface area contributed by atoms with Crippen LogP contribution in [0.2, 0.25) is 0 Å². The summed E-state index contributed by atoms with van der Waals surface area (Å²) in [6.45, 7) is 4.42. The van der Waals surface area contributed by atoms with Crippen molar-refractivity contribution >= 4 is 12.6 Å². The molecule has 0 heterocycles. The van der Waals surface area contributed by atoms with Gasteiger partial charge in [0, 0.05) is 5.25 Å². The highest BCUT2D eigenvalue weighted by atomic mass is 32.1. The molecule has 0 N–H and O–H groups in total. The van der Waals surface area contributed by atoms with Crippen LogP contribution in [0, 0.1) is 0 Å². The Balaban J connectivity index is 3.27. The molecule has 0 amide bonds. The first kappa shape index (κ1) is 11.1. The smallest absolute Gasteiger partial charge is 0.0196 e. The first-order chi connectivity index (χ1) is 5.31. The standard InChI is InChI=1S/C10H20S/c1-3-5-7-9-10(11)8-6-4-2/h7,9-11H,3-6,8H2,1-2H3/b9-7+/t10-/m1/s1. The molecular weight excluding hydrogens is 152 g/mol. The Hall–Kier alpha value is 0.0900. The maximum atomic E-state index is 4.45. The molecule has 0 saturated heterocycles. The maximum absolute atomic E-state index is 4.45. The van der Waals surface area contributed by atoms with Gasteiger partial charge in [0.2, 0.25) is 0 Å². The molecule has 0 saturated carbocycles. The highest BCUT2D eigenvalue weighted by Gasteiger charge is 1.94. The molecule has 0 aromatic rings. The fraction of sp³-hybridized carbons (Fsp3) is 0.800. The molecule has 0 unspecified atom stereocenters. The molecule has 66 valence electrons. The molecule has 11 heavy (non-hydrogen) atoms. The quantitative estimate of drug-likeness (QED) is 0.457. The topological polar surface area (TPSA) is 0 Å². The van der Waals surface area contributed by atoms with E-state index in [4.69, 9.17) is 0 Å². The number of allylic oxidation sites excluding steroid dienone is 1. The summed E-state index contributed by atoms with van der Waals surface area (Å²) in [6, 6.07) is 0. The Morgan fingerprint density at radius 1 is 1.27 bits per heavy atom. The van der Waals surface area contributed by atoms with Crippen molar-refractivity contribution in [3.05, 3.63) is 12.2 Å². The second kappa shape index (κ2) is 8.19. The first-order valence-corrected chi connectivity index (χ1v) is 5.17. The van der Waals surface area contributed by atoms with Crippen molar-refractivity contribution in [3.63, 3.8) is 0 Å². The van der Waals surface area contributed by atoms with Crippen LogP contribution in [0.25, 0.3) is 0 Å². The van der Waals surface area contributed by atoms with Crippen molar-refractivity contribution in [3.8, 4) is 0 Å². The van der Waals surface area contributed by atoms with Crippen molar-refractivity contribution in [2.24, 2.45) is 0 Å². The number of rotatable bonds is 6. The van der Waals surface area contributed by atoms with Crippen LogP contribution in [0.3, 0.4) is 0 Å². The van der Waals surface area contributed by atoms with Gasteiger partial charge in [-0.2, -0.15) is 12.6 Å². The van der Waals surface area contributed by atoms with Gasteiger partial charge < -0.3 is 0 Å². The fourth-order valence-corrected chi connectivity index (χ4v) is 1.23. The van der Waals surface area contributed by atoms with Gasteiger partial charge >= 0.3 is 0 Å². The SMILES string of the molecule is CCC/C=C/[C@H](S)CCCC. The average molecular weight is 172 g/mol. The monoisotopic (exact) mass is 172 g/mol. The van der Waals surface area contributed by atoms with Gasteiger partial charge in [-0.3, -0.25) is 0 Å². The van der Waals surface area contributed by atoms with Gasteiger partial charge in [0.25, 0.3) is 0 Å². The lowest BCUT2D eigenvalue weighted by atomic mass is 10.2. The maximum Gasteiger partial charge on any atom is 0.0196 e. The number of hydrogen-bond acceptors (Lipinski definition) is 1. The van der Waals surface area contributed by atoms with Crippen LogP contribution in [-0.4, -0.2) is 5.25 Å². The van der Waals surface area contributed by atoms with Gasteiger partial charge in [0.05, 0.1) is 0 Å². The second-order valence-corrected chi connectivity index (χ2v) is 3.59. The molecule has 0 aliphatic rings. The third-order valence-corrected chi connectivity index (χ3v) is 2.10. The van der Waals surface area contributed by atoms with E-state index in [1.54, 1.807) is 0 Å². The van der Waals surface area contributed by atoms with E-state index in [1.807, 2.05) is 0 Å². The molecule has 1 heteroatoms. The molecule has 0 aliphatic carbocycles. The first-order valence-electron chi connectivity index (χ1n) is 4.66. The van der Waals surface area contributed by atoms with Crippen LogP contribution >= 0.6 is 12.6 Å². The lowest BCUT2D eigenvalue weighted by Gasteiger charge is -2.02. The fourth-order valence-electron chi connectivity index (χ4n) is 0.929. The Morgan fingerprint density at radius 2 is 2.00 bits per heavy atom. The van der Waals surface area contributed by atoms with Gasteiger partial charge in [-0.1, -0.05) is 45.3 Å². The minimum Gasteiger partial charge on any atom is -0.172 e. The largest absolute Gasteiger partial charge is 0.172 e. The van der Waals surface area contributed by atoms with Gasteiger partial charge in [0.1, 0.15) is 0 Å². The summed E-state index contributed by atoms with van der Waals surface area (Å²) in [4.78, 5) is 0. The van der Waals surface area contributed by atoms with Crippen molar-refractivity contribution in [2.45, 2.75) is 51.2 Å². The van der Waals surface area contributed by atoms with Crippen molar-refractivity contribution in [2.75, 3.05) is 0 Å². The van der Waals surface area contributed by atoms with E-state index in [9.17, 15) is 0 Å². The van der Waals surface area contributed by atoms with E-state index >= 15 is 0 Å². The molecule has 0 bridgehead atoms. The van der Waals surface area contributed by atoms with Crippen LogP contribution in [0.5, 0.6) is 0 Å². The zero-order chi connectivity index (χ0) is 8.53. The Morgan fingerprint density at radius 3 is 2.55 bits per heavy atom. The lowest BCUT2D eigenvalue weighted by molar-refractivity contribution is 0.738. The molecule has 0 aromatic heterocycles. The van der Waals surface area contributed by atoms with E-state index < -0.39 is 0 Å². The summed E-state index contributed by atoms with van der Waals surface area (Å²) < 4.78 is 0. The summed E-state index contributed by atoms with van der Waals surface area (Å²) >= 11 is 4.45.